The number of hydrogen-bond acceptors (Lipinski definition) is 5. The van der Waals surface area contributed by atoms with Crippen LogP contribution in [0.2, 0.25) is 5.02 Å². The van der Waals surface area contributed by atoms with E-state index >= 15 is 0 Å². The Morgan fingerprint density at radius 3 is 2.58 bits per heavy atom. The number of carbonyl (C=O) groups is 2. The lowest BCUT2D eigenvalue weighted by Gasteiger charge is -2.33. The van der Waals surface area contributed by atoms with Crippen molar-refractivity contribution in [3.8, 4) is 0 Å². The number of anilines is 1. The minimum atomic E-state index is -1.05. The maximum atomic E-state index is 13.2. The van der Waals surface area contributed by atoms with Crippen molar-refractivity contribution < 1.29 is 14.7 Å². The summed E-state index contributed by atoms with van der Waals surface area (Å²) in [5.74, 6) is -1.05. The zero-order valence-corrected chi connectivity index (χ0v) is 22.1. The number of carboxylic acids is 1. The molecule has 1 saturated heterocycles. The first-order valence-corrected chi connectivity index (χ1v) is 12.8. The van der Waals surface area contributed by atoms with Crippen LogP contribution in [0.15, 0.2) is 59.5 Å². The first kappa shape index (κ1) is 27.4. The summed E-state index contributed by atoms with van der Waals surface area (Å²) >= 11 is 6.43. The number of aryl methyl sites for hydroxylation is 1. The molecule has 38 heavy (non-hydrogen) atoms. The predicted molar refractivity (Wildman–Crippen MR) is 148 cm³/mol. The molecule has 10 heteroatoms. The van der Waals surface area contributed by atoms with E-state index in [-0.39, 0.29) is 18.2 Å². The number of nitrogens with one attached hydrogen (secondary N) is 4. The van der Waals surface area contributed by atoms with E-state index in [1.165, 1.54) is 0 Å². The Labute approximate surface area is 226 Å². The van der Waals surface area contributed by atoms with Crippen LogP contribution < -0.4 is 21.5 Å². The Kier molecular flexibility index (Phi) is 8.83. The van der Waals surface area contributed by atoms with Gasteiger partial charge in [-0.25, -0.2) is 4.79 Å². The Balaban J connectivity index is 1.68. The van der Waals surface area contributed by atoms with Gasteiger partial charge in [-0.15, -0.1) is 0 Å². The monoisotopic (exact) mass is 537 g/mol. The molecule has 1 aliphatic heterocycles. The number of carboxylic acid groups (broad SMARTS) is 1. The van der Waals surface area contributed by atoms with Gasteiger partial charge in [0.1, 0.15) is 5.69 Å². The highest BCUT2D eigenvalue weighted by molar-refractivity contribution is 6.31. The largest absolute Gasteiger partial charge is 0.481 e. The van der Waals surface area contributed by atoms with Gasteiger partial charge in [0.2, 0.25) is 0 Å². The van der Waals surface area contributed by atoms with E-state index < -0.39 is 23.6 Å². The zero-order chi connectivity index (χ0) is 27.2. The van der Waals surface area contributed by atoms with E-state index in [2.05, 4.69) is 25.8 Å². The lowest BCUT2D eigenvalue weighted by atomic mass is 9.94. The molecule has 0 spiro atoms. The average Bonchev–Trinajstić information content (AvgIpc) is 2.87. The maximum Gasteiger partial charge on any atom is 0.319 e. The number of H-pyrrole nitrogens is 1. The Hall–Kier alpha value is -3.66. The van der Waals surface area contributed by atoms with Gasteiger partial charge in [0.15, 0.2) is 0 Å². The fourth-order valence-corrected chi connectivity index (χ4v) is 4.93. The number of pyridine rings is 1. The van der Waals surface area contributed by atoms with E-state index in [0.29, 0.717) is 29.1 Å². The first-order valence-electron chi connectivity index (χ1n) is 12.5. The van der Waals surface area contributed by atoms with Crippen molar-refractivity contribution in [3.63, 3.8) is 0 Å². The third-order valence-electron chi connectivity index (χ3n) is 6.69. The molecule has 5 N–H and O–H groups in total. The van der Waals surface area contributed by atoms with Crippen molar-refractivity contribution in [2.24, 2.45) is 0 Å². The van der Waals surface area contributed by atoms with Crippen LogP contribution in [0, 0.1) is 6.92 Å². The summed E-state index contributed by atoms with van der Waals surface area (Å²) in [5.41, 5.74) is 3.75. The van der Waals surface area contributed by atoms with Gasteiger partial charge in [0.25, 0.3) is 5.56 Å². The van der Waals surface area contributed by atoms with Gasteiger partial charge in [-0.05, 0) is 36.7 Å². The van der Waals surface area contributed by atoms with Gasteiger partial charge in [-0.3, -0.25) is 9.59 Å². The van der Waals surface area contributed by atoms with E-state index in [0.717, 1.165) is 29.8 Å². The smallest absolute Gasteiger partial charge is 0.319 e. The molecule has 200 valence electrons. The molecule has 2 atom stereocenters. The summed E-state index contributed by atoms with van der Waals surface area (Å²) < 4.78 is 0. The predicted octanol–water partition coefficient (Wildman–Crippen LogP) is 3.84. The molecular weight excluding hydrogens is 506 g/mol. The number of aliphatic carboxylic acids is 1. The van der Waals surface area contributed by atoms with Gasteiger partial charge < -0.3 is 30.9 Å². The highest BCUT2D eigenvalue weighted by Crippen LogP contribution is 2.29. The number of nitrogens with zero attached hydrogens (tertiary/aromatic N) is 1. The van der Waals surface area contributed by atoms with E-state index in [9.17, 15) is 19.5 Å². The number of urea groups is 1. The highest BCUT2D eigenvalue weighted by atomic mass is 35.5. The Bertz CT molecular complexity index is 1360. The zero-order valence-electron chi connectivity index (χ0n) is 21.4. The van der Waals surface area contributed by atoms with Crippen LogP contribution >= 0.6 is 11.6 Å². The van der Waals surface area contributed by atoms with Crippen molar-refractivity contribution in [3.05, 3.63) is 97.9 Å². The number of halogens is 1. The van der Waals surface area contributed by atoms with Crippen molar-refractivity contribution in [2.75, 3.05) is 32.0 Å². The maximum absolute atomic E-state index is 13.2. The number of rotatable bonds is 8. The van der Waals surface area contributed by atoms with Crippen LogP contribution in [-0.2, 0) is 11.2 Å². The SMILES string of the molecule is Cc1ccc([C@H](CC(=O)O)NC(=O)Nc2c(C3CN(C)CCN3)c(Cc3ccccc3Cl)c[nH]c2=O)cc1. The molecule has 2 aromatic carbocycles. The quantitative estimate of drug-likeness (QED) is 0.297. The number of hydrogen-bond donors (Lipinski definition) is 5. The minimum absolute atomic E-state index is 0.123. The molecule has 1 aliphatic rings. The van der Waals surface area contributed by atoms with Crippen molar-refractivity contribution in [2.45, 2.75) is 31.8 Å². The summed E-state index contributed by atoms with van der Waals surface area (Å²) in [5, 5.41) is 19.0. The number of carbonyl (C=O) groups excluding carboxylic acids is 1. The second-order valence-electron chi connectivity index (χ2n) is 9.63. The summed E-state index contributed by atoms with van der Waals surface area (Å²) in [7, 11) is 2.01. The fraction of sp³-hybridized carbons (Fsp3) is 0.321. The number of aromatic nitrogens is 1. The molecule has 2 heterocycles. The van der Waals surface area contributed by atoms with Gasteiger partial charge in [-0.2, -0.15) is 0 Å². The van der Waals surface area contributed by atoms with Crippen LogP contribution in [0.1, 0.15) is 46.3 Å². The second kappa shape index (κ2) is 12.3. The van der Waals surface area contributed by atoms with Crippen molar-refractivity contribution >= 4 is 29.3 Å². The molecule has 0 aliphatic carbocycles. The number of benzene rings is 2. The molecule has 2 amide bonds. The van der Waals surface area contributed by atoms with Gasteiger partial charge in [-0.1, -0.05) is 59.6 Å². The molecule has 1 aromatic heterocycles. The van der Waals surface area contributed by atoms with Gasteiger partial charge >= 0.3 is 12.0 Å². The molecule has 0 saturated carbocycles. The number of amides is 2. The van der Waals surface area contributed by atoms with E-state index in [1.807, 2.05) is 50.4 Å². The summed E-state index contributed by atoms with van der Waals surface area (Å²) in [6.45, 7) is 4.14. The van der Waals surface area contributed by atoms with E-state index in [4.69, 9.17) is 11.6 Å². The lowest BCUT2D eigenvalue weighted by molar-refractivity contribution is -0.137. The summed E-state index contributed by atoms with van der Waals surface area (Å²) in [6, 6.07) is 13.1. The van der Waals surface area contributed by atoms with Crippen LogP contribution in [0.4, 0.5) is 10.5 Å². The molecule has 0 radical (unpaired) electrons. The standard InChI is InChI=1S/C28H32ClN5O4/c1-17-7-9-18(10-8-17)22(14-24(35)36)32-28(38)33-26-25(23-16-34(2)12-11-30-23)20(15-31-27(26)37)13-19-5-3-4-6-21(19)29/h3-10,15,22-23,30H,11-14,16H2,1-2H3,(H,31,37)(H,35,36)(H2,32,33,38)/t22-,23?/m0/s1. The van der Waals surface area contributed by atoms with Crippen LogP contribution in [-0.4, -0.2) is 53.7 Å². The van der Waals surface area contributed by atoms with Crippen LogP contribution in [0.5, 0.6) is 0 Å². The average molecular weight is 538 g/mol. The van der Waals surface area contributed by atoms with E-state index in [1.54, 1.807) is 18.3 Å². The third kappa shape index (κ3) is 6.80. The molecule has 3 aromatic rings. The van der Waals surface area contributed by atoms with Crippen LogP contribution in [0.25, 0.3) is 0 Å². The molecule has 0 bridgehead atoms. The Morgan fingerprint density at radius 2 is 1.89 bits per heavy atom. The molecule has 1 fully saturated rings. The Morgan fingerprint density at radius 1 is 1.16 bits per heavy atom. The van der Waals surface area contributed by atoms with Crippen molar-refractivity contribution in [1.82, 2.24) is 20.5 Å². The van der Waals surface area contributed by atoms with Crippen molar-refractivity contribution in [1.29, 1.82) is 0 Å². The first-order chi connectivity index (χ1) is 18.2. The summed E-state index contributed by atoms with van der Waals surface area (Å²) in [6.07, 6.45) is 1.82. The molecular formula is C28H32ClN5O4. The number of aromatic amines is 1. The molecule has 9 nitrogen and oxygen atoms in total. The molecule has 1 unspecified atom stereocenters. The van der Waals surface area contributed by atoms with Crippen LogP contribution in [0.3, 0.4) is 0 Å². The topological polar surface area (TPSA) is 127 Å². The highest BCUT2D eigenvalue weighted by Gasteiger charge is 2.27. The lowest BCUT2D eigenvalue weighted by Crippen LogP contribution is -2.45. The third-order valence-corrected chi connectivity index (χ3v) is 7.06. The molecule has 4 rings (SSSR count). The second-order valence-corrected chi connectivity index (χ2v) is 10.0. The number of piperazine rings is 1. The number of likely N-dealkylation sites (N-methyl/N-ethyl adjacent to an activating group) is 1. The minimum Gasteiger partial charge on any atom is -0.481 e. The van der Waals surface area contributed by atoms with Gasteiger partial charge in [0.05, 0.1) is 12.5 Å². The normalized spacial score (nSPS) is 16.6. The fourth-order valence-electron chi connectivity index (χ4n) is 4.72. The van der Waals surface area contributed by atoms with Gasteiger partial charge in [0, 0.05) is 48.9 Å². The summed E-state index contributed by atoms with van der Waals surface area (Å²) in [4.78, 5) is 42.7.